The summed E-state index contributed by atoms with van der Waals surface area (Å²) in [6, 6.07) is 23.5. The number of benzene rings is 2. The van der Waals surface area contributed by atoms with E-state index in [2.05, 4.69) is 0 Å². The molecule has 0 atom stereocenters. The fourth-order valence-corrected chi connectivity index (χ4v) is 4.39. The van der Waals surface area contributed by atoms with Gasteiger partial charge in [0, 0.05) is 23.7 Å². The Labute approximate surface area is 174 Å². The van der Waals surface area contributed by atoms with Crippen LogP contribution in [0.4, 0.5) is 5.69 Å². The number of para-hydroxylation sites is 1. The average molecular weight is 403 g/mol. The van der Waals surface area contributed by atoms with Gasteiger partial charge in [-0.15, -0.1) is 11.3 Å². The summed E-state index contributed by atoms with van der Waals surface area (Å²) < 4.78 is 0. The first-order chi connectivity index (χ1) is 14.2. The number of rotatable bonds is 7. The minimum absolute atomic E-state index is 0.210. The van der Waals surface area contributed by atoms with Crippen molar-refractivity contribution in [3.05, 3.63) is 94.3 Å². The van der Waals surface area contributed by atoms with Gasteiger partial charge in [0.25, 0.3) is 11.8 Å². The summed E-state index contributed by atoms with van der Waals surface area (Å²) in [6.45, 7) is 2.96. The third-order valence-corrected chi connectivity index (χ3v) is 5.92. The van der Waals surface area contributed by atoms with E-state index >= 15 is 0 Å². The number of thiophene rings is 1. The molecule has 0 N–H and O–H groups in total. The number of imide groups is 1. The largest absolute Gasteiger partial charge is 0.337 e. The highest BCUT2D eigenvalue weighted by Gasteiger charge is 2.41. The molecule has 3 aromatic rings. The number of amides is 2. The number of likely N-dealkylation sites (N-methyl/N-ethyl adjacent to an activating group) is 1. The Kier molecular flexibility index (Phi) is 5.58. The molecule has 0 bridgehead atoms. The Balaban J connectivity index is 1.71. The van der Waals surface area contributed by atoms with Gasteiger partial charge in [-0.05, 0) is 42.5 Å². The summed E-state index contributed by atoms with van der Waals surface area (Å²) in [5, 5.41) is 1.93. The SMILES string of the molecule is CCN(C1=C(c2cccs2)C(=O)N(CCc2ccccc2)C1=O)c1ccccc1. The number of anilines is 1. The van der Waals surface area contributed by atoms with E-state index in [-0.39, 0.29) is 11.8 Å². The van der Waals surface area contributed by atoms with E-state index in [9.17, 15) is 9.59 Å². The molecule has 1 aliphatic rings. The van der Waals surface area contributed by atoms with E-state index in [0.29, 0.717) is 30.8 Å². The monoisotopic (exact) mass is 402 g/mol. The Morgan fingerprint density at radius 3 is 2.17 bits per heavy atom. The normalized spacial score (nSPS) is 14.0. The Morgan fingerprint density at radius 2 is 1.55 bits per heavy atom. The molecule has 0 fully saturated rings. The van der Waals surface area contributed by atoms with Crippen molar-refractivity contribution in [3.8, 4) is 0 Å². The van der Waals surface area contributed by atoms with Crippen LogP contribution in [0.5, 0.6) is 0 Å². The van der Waals surface area contributed by atoms with Gasteiger partial charge >= 0.3 is 0 Å². The quantitative estimate of drug-likeness (QED) is 0.543. The van der Waals surface area contributed by atoms with Crippen LogP contribution in [0, 0.1) is 0 Å². The van der Waals surface area contributed by atoms with Crippen LogP contribution >= 0.6 is 11.3 Å². The molecule has 4 nitrogen and oxygen atoms in total. The van der Waals surface area contributed by atoms with Crippen molar-refractivity contribution in [2.24, 2.45) is 0 Å². The maximum Gasteiger partial charge on any atom is 0.278 e. The van der Waals surface area contributed by atoms with Crippen LogP contribution in [-0.4, -0.2) is 29.8 Å². The molecule has 1 aromatic heterocycles. The van der Waals surface area contributed by atoms with Crippen molar-refractivity contribution in [3.63, 3.8) is 0 Å². The van der Waals surface area contributed by atoms with Crippen molar-refractivity contribution in [2.45, 2.75) is 13.3 Å². The molecule has 2 heterocycles. The number of hydrogen-bond donors (Lipinski definition) is 0. The smallest absolute Gasteiger partial charge is 0.278 e. The first-order valence-corrected chi connectivity index (χ1v) is 10.6. The molecule has 0 saturated carbocycles. The van der Waals surface area contributed by atoms with Crippen LogP contribution in [0.25, 0.3) is 5.57 Å². The molecule has 0 radical (unpaired) electrons. The van der Waals surface area contributed by atoms with E-state index in [1.807, 2.05) is 90.0 Å². The zero-order valence-electron chi connectivity index (χ0n) is 16.2. The minimum atomic E-state index is -0.222. The van der Waals surface area contributed by atoms with Gasteiger partial charge in [0.1, 0.15) is 5.70 Å². The fourth-order valence-electron chi connectivity index (χ4n) is 3.62. The molecule has 0 saturated heterocycles. The van der Waals surface area contributed by atoms with E-state index in [1.54, 1.807) is 0 Å². The van der Waals surface area contributed by atoms with Crippen LogP contribution in [0.2, 0.25) is 0 Å². The van der Waals surface area contributed by atoms with Crippen molar-refractivity contribution >= 4 is 34.4 Å². The third-order valence-electron chi connectivity index (χ3n) is 5.03. The van der Waals surface area contributed by atoms with Crippen LogP contribution < -0.4 is 4.90 Å². The van der Waals surface area contributed by atoms with Crippen LogP contribution in [-0.2, 0) is 16.0 Å². The maximum atomic E-state index is 13.4. The predicted octanol–water partition coefficient (Wildman–Crippen LogP) is 4.60. The lowest BCUT2D eigenvalue weighted by atomic mass is 10.1. The van der Waals surface area contributed by atoms with Gasteiger partial charge in [0.15, 0.2) is 0 Å². The summed E-state index contributed by atoms with van der Waals surface area (Å²) in [5.41, 5.74) is 2.99. The van der Waals surface area contributed by atoms with Gasteiger partial charge in [-0.2, -0.15) is 0 Å². The summed E-state index contributed by atoms with van der Waals surface area (Å²) in [7, 11) is 0. The molecule has 5 heteroatoms. The second-order valence-electron chi connectivity index (χ2n) is 6.78. The average Bonchev–Trinajstić information content (AvgIpc) is 3.36. The molecule has 0 spiro atoms. The van der Waals surface area contributed by atoms with Crippen molar-refractivity contribution in [2.75, 3.05) is 18.0 Å². The highest BCUT2D eigenvalue weighted by molar-refractivity contribution is 7.11. The first kappa shape index (κ1) is 19.2. The molecule has 1 aliphatic heterocycles. The number of hydrogen-bond acceptors (Lipinski definition) is 4. The lowest BCUT2D eigenvalue weighted by molar-refractivity contribution is -0.136. The molecule has 0 unspecified atom stereocenters. The summed E-state index contributed by atoms with van der Waals surface area (Å²) in [5.74, 6) is -0.433. The van der Waals surface area contributed by atoms with Gasteiger partial charge in [-0.1, -0.05) is 54.6 Å². The second-order valence-corrected chi connectivity index (χ2v) is 7.73. The molecular formula is C24H22N2O2S. The molecule has 2 amide bonds. The zero-order valence-corrected chi connectivity index (χ0v) is 17.1. The van der Waals surface area contributed by atoms with Gasteiger partial charge < -0.3 is 4.90 Å². The van der Waals surface area contributed by atoms with E-state index in [0.717, 1.165) is 16.1 Å². The van der Waals surface area contributed by atoms with E-state index in [1.165, 1.54) is 16.2 Å². The van der Waals surface area contributed by atoms with Gasteiger partial charge in [-0.3, -0.25) is 14.5 Å². The highest BCUT2D eigenvalue weighted by atomic mass is 32.1. The van der Waals surface area contributed by atoms with Crippen LogP contribution in [0.15, 0.2) is 83.9 Å². The third kappa shape index (κ3) is 3.74. The lowest BCUT2D eigenvalue weighted by Crippen LogP contribution is -2.36. The zero-order chi connectivity index (χ0) is 20.2. The number of carbonyl (C=O) groups excluding carboxylic acids is 2. The van der Waals surface area contributed by atoms with Gasteiger partial charge in [0.2, 0.25) is 0 Å². The summed E-state index contributed by atoms with van der Waals surface area (Å²) in [4.78, 5) is 30.9. The highest BCUT2D eigenvalue weighted by Crippen LogP contribution is 2.35. The summed E-state index contributed by atoms with van der Waals surface area (Å²) in [6.07, 6.45) is 0.640. The van der Waals surface area contributed by atoms with Crippen LogP contribution in [0.1, 0.15) is 17.4 Å². The molecule has 146 valence electrons. The fraction of sp³-hybridized carbons (Fsp3) is 0.167. The number of carbonyl (C=O) groups is 2. The topological polar surface area (TPSA) is 40.6 Å². The molecule has 2 aromatic carbocycles. The van der Waals surface area contributed by atoms with Crippen molar-refractivity contribution in [1.29, 1.82) is 0 Å². The molecule has 0 aliphatic carbocycles. The second kappa shape index (κ2) is 8.45. The van der Waals surface area contributed by atoms with Gasteiger partial charge in [0.05, 0.1) is 5.57 Å². The Morgan fingerprint density at radius 1 is 0.862 bits per heavy atom. The summed E-state index contributed by atoms with van der Waals surface area (Å²) >= 11 is 1.49. The van der Waals surface area contributed by atoms with E-state index < -0.39 is 0 Å². The lowest BCUT2D eigenvalue weighted by Gasteiger charge is -2.24. The predicted molar refractivity (Wildman–Crippen MR) is 118 cm³/mol. The maximum absolute atomic E-state index is 13.4. The van der Waals surface area contributed by atoms with E-state index in [4.69, 9.17) is 0 Å². The Bertz CT molecular complexity index is 1030. The van der Waals surface area contributed by atoms with Crippen LogP contribution in [0.3, 0.4) is 0 Å². The standard InChI is InChI=1S/C24H22N2O2S/c1-2-25(19-12-7-4-8-13-19)22-21(20-14-9-17-29-20)23(27)26(24(22)28)16-15-18-10-5-3-6-11-18/h3-14,17H,2,15-16H2,1H3. The number of nitrogens with zero attached hydrogens (tertiary/aromatic N) is 2. The minimum Gasteiger partial charge on any atom is -0.337 e. The van der Waals surface area contributed by atoms with Crippen molar-refractivity contribution in [1.82, 2.24) is 4.90 Å². The molecule has 29 heavy (non-hydrogen) atoms. The molecule has 4 rings (SSSR count). The van der Waals surface area contributed by atoms with Crippen molar-refractivity contribution < 1.29 is 9.59 Å². The van der Waals surface area contributed by atoms with Gasteiger partial charge in [-0.25, -0.2) is 0 Å². The first-order valence-electron chi connectivity index (χ1n) is 9.71. The Hall–Kier alpha value is -3.18. The molecular weight excluding hydrogens is 380 g/mol.